The Labute approximate surface area is 117 Å². The van der Waals surface area contributed by atoms with Gasteiger partial charge < -0.3 is 14.6 Å². The minimum Gasteiger partial charge on any atom is -0.489 e. The van der Waals surface area contributed by atoms with Gasteiger partial charge in [-0.05, 0) is 25.0 Å². The average Bonchev–Trinajstić information content (AvgIpc) is 2.63. The fourth-order valence-corrected chi connectivity index (χ4v) is 2.50. The Kier molecular flexibility index (Phi) is 4.20. The first-order chi connectivity index (χ1) is 9.06. The summed E-state index contributed by atoms with van der Waals surface area (Å²) in [5.74, 6) is -0.349. The van der Waals surface area contributed by atoms with E-state index in [0.29, 0.717) is 41.7 Å². The van der Waals surface area contributed by atoms with E-state index in [1.54, 1.807) is 13.0 Å². The van der Waals surface area contributed by atoms with Gasteiger partial charge >= 0.3 is 5.97 Å². The molecule has 0 aliphatic carbocycles. The summed E-state index contributed by atoms with van der Waals surface area (Å²) in [7, 11) is 0. The Morgan fingerprint density at radius 3 is 2.63 bits per heavy atom. The molecule has 0 fully saturated rings. The molecule has 104 valence electrons. The Bertz CT molecular complexity index is 499. The van der Waals surface area contributed by atoms with Crippen LogP contribution in [0.3, 0.4) is 0 Å². The topological polar surface area (TPSA) is 55.8 Å². The second-order valence-electron chi connectivity index (χ2n) is 4.55. The van der Waals surface area contributed by atoms with Crippen LogP contribution in [0, 0.1) is 0 Å². The van der Waals surface area contributed by atoms with Crippen LogP contribution in [0.4, 0.5) is 0 Å². The van der Waals surface area contributed by atoms with E-state index in [0.717, 1.165) is 12.0 Å². The van der Waals surface area contributed by atoms with Gasteiger partial charge in [-0.15, -0.1) is 0 Å². The summed E-state index contributed by atoms with van der Waals surface area (Å²) in [5.41, 5.74) is 1.57. The molecule has 5 heteroatoms. The van der Waals surface area contributed by atoms with Crippen molar-refractivity contribution >= 4 is 17.6 Å². The molecule has 19 heavy (non-hydrogen) atoms. The quantitative estimate of drug-likeness (QED) is 0.926. The van der Waals surface area contributed by atoms with E-state index in [-0.39, 0.29) is 0 Å². The van der Waals surface area contributed by atoms with Crippen LogP contribution < -0.4 is 9.47 Å². The van der Waals surface area contributed by atoms with E-state index in [2.05, 4.69) is 0 Å². The van der Waals surface area contributed by atoms with Crippen LogP contribution in [0.5, 0.6) is 11.5 Å². The molecule has 4 nitrogen and oxygen atoms in total. The molecule has 1 unspecified atom stereocenters. The summed E-state index contributed by atoms with van der Waals surface area (Å²) >= 11 is 6.20. The highest BCUT2D eigenvalue weighted by Gasteiger charge is 2.25. The highest BCUT2D eigenvalue weighted by atomic mass is 35.5. The number of rotatable bonds is 3. The normalized spacial score (nSPS) is 15.7. The van der Waals surface area contributed by atoms with Crippen molar-refractivity contribution in [1.82, 2.24) is 0 Å². The van der Waals surface area contributed by atoms with E-state index < -0.39 is 11.9 Å². The second-order valence-corrected chi connectivity index (χ2v) is 4.96. The number of carboxylic acid groups (broad SMARTS) is 1. The maximum Gasteiger partial charge on any atom is 0.310 e. The number of hydrogen-bond donors (Lipinski definition) is 1. The van der Waals surface area contributed by atoms with Gasteiger partial charge in [-0.2, -0.15) is 0 Å². The number of aliphatic carboxylic acids is 1. The summed E-state index contributed by atoms with van der Waals surface area (Å²) in [4.78, 5) is 11.2. The van der Waals surface area contributed by atoms with Crippen molar-refractivity contribution in [2.75, 3.05) is 13.2 Å². The van der Waals surface area contributed by atoms with Gasteiger partial charge in [0.15, 0.2) is 11.5 Å². The summed E-state index contributed by atoms with van der Waals surface area (Å²) in [5, 5.41) is 9.60. The lowest BCUT2D eigenvalue weighted by atomic mass is 9.93. The number of carbonyl (C=O) groups is 1. The maximum absolute atomic E-state index is 11.2. The highest BCUT2D eigenvalue weighted by molar-refractivity contribution is 6.32. The van der Waals surface area contributed by atoms with Gasteiger partial charge in [0.2, 0.25) is 0 Å². The molecule has 1 heterocycles. The standard InChI is InChI=1S/C14H17ClO4/c1-3-9-10(8(2)14(16)17)7-11(15)13-12(9)18-5-4-6-19-13/h7-8H,3-6H2,1-2H3,(H,16,17). The molecule has 0 saturated carbocycles. The smallest absolute Gasteiger partial charge is 0.310 e. The fraction of sp³-hybridized carbons (Fsp3) is 0.500. The predicted molar refractivity (Wildman–Crippen MR) is 72.5 cm³/mol. The van der Waals surface area contributed by atoms with Gasteiger partial charge in [0.1, 0.15) is 0 Å². The molecule has 0 aromatic heterocycles. The predicted octanol–water partition coefficient (Wildman–Crippen LogP) is 3.25. The number of hydrogen-bond acceptors (Lipinski definition) is 3. The Morgan fingerprint density at radius 2 is 2.05 bits per heavy atom. The van der Waals surface area contributed by atoms with E-state index in [9.17, 15) is 9.90 Å². The first kappa shape index (κ1) is 14.0. The van der Waals surface area contributed by atoms with Crippen molar-refractivity contribution in [3.63, 3.8) is 0 Å². The third kappa shape index (κ3) is 2.63. The zero-order valence-corrected chi connectivity index (χ0v) is 11.8. The number of benzene rings is 1. The first-order valence-corrected chi connectivity index (χ1v) is 6.77. The lowest BCUT2D eigenvalue weighted by Crippen LogP contribution is -2.11. The molecule has 1 aliphatic rings. The van der Waals surface area contributed by atoms with Crippen molar-refractivity contribution in [2.45, 2.75) is 32.6 Å². The molecule has 1 aliphatic heterocycles. The van der Waals surface area contributed by atoms with Crippen LogP contribution in [0.1, 0.15) is 37.3 Å². The van der Waals surface area contributed by atoms with Crippen LogP contribution in [0.25, 0.3) is 0 Å². The largest absolute Gasteiger partial charge is 0.489 e. The molecule has 1 aromatic carbocycles. The number of halogens is 1. The van der Waals surface area contributed by atoms with Gasteiger partial charge in [0, 0.05) is 12.0 Å². The van der Waals surface area contributed by atoms with Gasteiger partial charge in [0.05, 0.1) is 24.2 Å². The fourth-order valence-electron chi connectivity index (χ4n) is 2.24. The monoisotopic (exact) mass is 284 g/mol. The number of carboxylic acids is 1. The van der Waals surface area contributed by atoms with Crippen molar-refractivity contribution in [2.24, 2.45) is 0 Å². The molecule has 0 bridgehead atoms. The zero-order chi connectivity index (χ0) is 14.0. The summed E-state index contributed by atoms with van der Waals surface area (Å²) in [6.45, 7) is 4.73. The molecule has 1 aromatic rings. The third-order valence-electron chi connectivity index (χ3n) is 3.30. The van der Waals surface area contributed by atoms with E-state index in [1.165, 1.54) is 0 Å². The van der Waals surface area contributed by atoms with E-state index in [1.807, 2.05) is 6.92 Å². The average molecular weight is 285 g/mol. The molecular formula is C14H17ClO4. The third-order valence-corrected chi connectivity index (χ3v) is 3.58. The number of ether oxygens (including phenoxy) is 2. The van der Waals surface area contributed by atoms with E-state index in [4.69, 9.17) is 21.1 Å². The molecule has 2 rings (SSSR count). The minimum absolute atomic E-state index is 0.414. The van der Waals surface area contributed by atoms with E-state index >= 15 is 0 Å². The number of fused-ring (bicyclic) bond motifs is 1. The lowest BCUT2D eigenvalue weighted by Gasteiger charge is -2.19. The SMILES string of the molecule is CCc1c(C(C)C(=O)O)cc(Cl)c2c1OCCCO2. The first-order valence-electron chi connectivity index (χ1n) is 6.40. The Morgan fingerprint density at radius 1 is 1.42 bits per heavy atom. The lowest BCUT2D eigenvalue weighted by molar-refractivity contribution is -0.138. The molecule has 1 N–H and O–H groups in total. The van der Waals surface area contributed by atoms with Gasteiger partial charge in [0.25, 0.3) is 0 Å². The Balaban J connectivity index is 2.60. The van der Waals surface area contributed by atoms with Crippen LogP contribution in [0.15, 0.2) is 6.07 Å². The molecule has 0 spiro atoms. The van der Waals surface area contributed by atoms with Crippen molar-refractivity contribution in [3.05, 3.63) is 22.2 Å². The van der Waals surface area contributed by atoms with Crippen molar-refractivity contribution in [1.29, 1.82) is 0 Å². The highest BCUT2D eigenvalue weighted by Crippen LogP contribution is 2.43. The van der Waals surface area contributed by atoms with Crippen LogP contribution in [-0.4, -0.2) is 24.3 Å². The molecule has 0 saturated heterocycles. The molecule has 1 atom stereocenters. The molecule has 0 amide bonds. The Hall–Kier alpha value is -1.42. The van der Waals surface area contributed by atoms with Gasteiger partial charge in [-0.3, -0.25) is 4.79 Å². The van der Waals surface area contributed by atoms with Crippen molar-refractivity contribution < 1.29 is 19.4 Å². The molecule has 0 radical (unpaired) electrons. The minimum atomic E-state index is -0.875. The summed E-state index contributed by atoms with van der Waals surface area (Å²) in [6, 6.07) is 1.69. The van der Waals surface area contributed by atoms with Crippen LogP contribution >= 0.6 is 11.6 Å². The second kappa shape index (κ2) is 5.70. The van der Waals surface area contributed by atoms with Crippen LogP contribution in [0.2, 0.25) is 5.02 Å². The van der Waals surface area contributed by atoms with Gasteiger partial charge in [-0.1, -0.05) is 18.5 Å². The molecular weight excluding hydrogens is 268 g/mol. The zero-order valence-electron chi connectivity index (χ0n) is 11.0. The maximum atomic E-state index is 11.2. The summed E-state index contributed by atoms with van der Waals surface area (Å²) < 4.78 is 11.3. The van der Waals surface area contributed by atoms with Gasteiger partial charge in [-0.25, -0.2) is 0 Å². The van der Waals surface area contributed by atoms with Crippen molar-refractivity contribution in [3.8, 4) is 11.5 Å². The van der Waals surface area contributed by atoms with Crippen LogP contribution in [-0.2, 0) is 11.2 Å². The summed E-state index contributed by atoms with van der Waals surface area (Å²) in [6.07, 6.45) is 1.47.